The largest absolute Gasteiger partial charge is 0.376 e. The van der Waals surface area contributed by atoms with Gasteiger partial charge in [-0.15, -0.1) is 0 Å². The van der Waals surface area contributed by atoms with Crippen LogP contribution < -0.4 is 10.2 Å². The van der Waals surface area contributed by atoms with E-state index in [1.807, 2.05) is 26.8 Å². The molecular weight excluding hydrogens is 462 g/mol. The molecule has 0 spiro atoms. The van der Waals surface area contributed by atoms with Gasteiger partial charge in [0.15, 0.2) is 0 Å². The van der Waals surface area contributed by atoms with Crippen molar-refractivity contribution in [1.29, 1.82) is 0 Å². The quantitative estimate of drug-likeness (QED) is 0.523. The van der Waals surface area contributed by atoms with E-state index in [2.05, 4.69) is 25.8 Å². The molecule has 1 atom stereocenters. The Hall–Kier alpha value is -2.71. The minimum atomic E-state index is -0.752. The van der Waals surface area contributed by atoms with E-state index in [4.69, 9.17) is 4.74 Å². The number of aromatic nitrogens is 1. The number of halogens is 1. The van der Waals surface area contributed by atoms with Gasteiger partial charge in [-0.05, 0) is 75.1 Å². The Morgan fingerprint density at radius 2 is 1.97 bits per heavy atom. The molecule has 3 heterocycles. The van der Waals surface area contributed by atoms with Gasteiger partial charge in [-0.2, -0.15) is 0 Å². The minimum Gasteiger partial charge on any atom is -0.376 e. The second-order valence-electron chi connectivity index (χ2n) is 7.96. The number of carbonyl (C=O) groups excluding carboxylic acids is 3. The first-order valence-electron chi connectivity index (χ1n) is 10.2. The first-order chi connectivity index (χ1) is 14.8. The number of amides is 4. The van der Waals surface area contributed by atoms with Crippen LogP contribution in [0.3, 0.4) is 0 Å². The zero-order valence-corrected chi connectivity index (χ0v) is 19.3. The molecule has 7 nitrogen and oxygen atoms in total. The van der Waals surface area contributed by atoms with Crippen LogP contribution in [0.2, 0.25) is 0 Å². The molecule has 4 amide bonds. The van der Waals surface area contributed by atoms with Crippen LogP contribution in [0.1, 0.15) is 35.4 Å². The molecule has 2 aromatic rings. The number of anilines is 1. The topological polar surface area (TPSA) is 80.6 Å². The van der Waals surface area contributed by atoms with Crippen molar-refractivity contribution in [2.24, 2.45) is 0 Å². The summed E-state index contributed by atoms with van der Waals surface area (Å²) in [4.78, 5) is 39.1. The number of nitrogens with zero attached hydrogens (tertiary/aromatic N) is 2. The third-order valence-electron chi connectivity index (χ3n) is 5.82. The lowest BCUT2D eigenvalue weighted by Crippen LogP contribution is -2.54. The Labute approximate surface area is 189 Å². The third-order valence-corrected chi connectivity index (χ3v) is 6.71. The molecule has 0 aliphatic carbocycles. The molecule has 0 unspecified atom stereocenters. The van der Waals surface area contributed by atoms with Gasteiger partial charge in [0, 0.05) is 29.0 Å². The number of urea groups is 1. The number of nitrogens with one attached hydrogen (secondary N) is 1. The maximum atomic E-state index is 13.2. The molecular formula is C23H24BrN3O4. The minimum absolute atomic E-state index is 0.0717. The predicted molar refractivity (Wildman–Crippen MR) is 121 cm³/mol. The van der Waals surface area contributed by atoms with Gasteiger partial charge in [-0.1, -0.05) is 15.9 Å². The Morgan fingerprint density at radius 1 is 1.19 bits per heavy atom. The van der Waals surface area contributed by atoms with E-state index < -0.39 is 17.8 Å². The van der Waals surface area contributed by atoms with Crippen molar-refractivity contribution in [3.05, 3.63) is 56.8 Å². The molecule has 1 aromatic heterocycles. The van der Waals surface area contributed by atoms with Crippen molar-refractivity contribution in [1.82, 2.24) is 9.88 Å². The average molecular weight is 486 g/mol. The first-order valence-corrected chi connectivity index (χ1v) is 11.0. The van der Waals surface area contributed by atoms with Gasteiger partial charge < -0.3 is 9.30 Å². The zero-order valence-electron chi connectivity index (χ0n) is 17.7. The highest BCUT2D eigenvalue weighted by molar-refractivity contribution is 9.10. The van der Waals surface area contributed by atoms with Crippen LogP contribution in [-0.2, 0) is 20.9 Å². The van der Waals surface area contributed by atoms with Crippen molar-refractivity contribution in [2.75, 3.05) is 11.5 Å². The molecule has 1 N–H and O–H groups in total. The fourth-order valence-corrected chi connectivity index (χ4v) is 4.31. The van der Waals surface area contributed by atoms with Crippen molar-refractivity contribution in [3.8, 4) is 0 Å². The van der Waals surface area contributed by atoms with Crippen LogP contribution in [0.25, 0.3) is 6.08 Å². The molecule has 0 bridgehead atoms. The van der Waals surface area contributed by atoms with Crippen LogP contribution >= 0.6 is 15.9 Å². The van der Waals surface area contributed by atoms with Gasteiger partial charge in [0.25, 0.3) is 11.8 Å². The van der Waals surface area contributed by atoms with Crippen molar-refractivity contribution in [3.63, 3.8) is 0 Å². The molecule has 2 fully saturated rings. The van der Waals surface area contributed by atoms with E-state index in [1.165, 1.54) is 0 Å². The second kappa shape index (κ2) is 8.43. The van der Waals surface area contributed by atoms with Gasteiger partial charge in [0.05, 0.1) is 11.8 Å². The lowest BCUT2D eigenvalue weighted by Gasteiger charge is -2.26. The molecule has 8 heteroatoms. The Kier molecular flexibility index (Phi) is 5.85. The number of carbonyl (C=O) groups is 3. The van der Waals surface area contributed by atoms with Gasteiger partial charge in [-0.3, -0.25) is 14.9 Å². The summed E-state index contributed by atoms with van der Waals surface area (Å²) in [5.41, 5.74) is 3.96. The van der Waals surface area contributed by atoms with Crippen LogP contribution in [0, 0.1) is 20.8 Å². The Morgan fingerprint density at radius 3 is 2.65 bits per heavy atom. The van der Waals surface area contributed by atoms with E-state index in [0.717, 1.165) is 57.9 Å². The fraction of sp³-hybridized carbons (Fsp3) is 0.348. The number of rotatable bonds is 4. The van der Waals surface area contributed by atoms with Crippen LogP contribution in [-0.4, -0.2) is 35.1 Å². The smallest absolute Gasteiger partial charge is 0.335 e. The van der Waals surface area contributed by atoms with Crippen molar-refractivity contribution < 1.29 is 19.1 Å². The highest BCUT2D eigenvalue weighted by Crippen LogP contribution is 2.28. The monoisotopic (exact) mass is 485 g/mol. The number of aryl methyl sites for hydroxylation is 2. The van der Waals surface area contributed by atoms with E-state index in [1.54, 1.807) is 24.3 Å². The van der Waals surface area contributed by atoms with Crippen molar-refractivity contribution >= 4 is 45.5 Å². The molecule has 2 saturated heterocycles. The highest BCUT2D eigenvalue weighted by Gasteiger charge is 2.37. The van der Waals surface area contributed by atoms with Crippen LogP contribution in [0.5, 0.6) is 0 Å². The normalized spacial score (nSPS) is 20.6. The number of ether oxygens (including phenoxy) is 1. The molecule has 1 aromatic carbocycles. The van der Waals surface area contributed by atoms with Crippen molar-refractivity contribution in [2.45, 2.75) is 46.3 Å². The highest BCUT2D eigenvalue weighted by atomic mass is 79.9. The summed E-state index contributed by atoms with van der Waals surface area (Å²) in [6.45, 7) is 7.34. The lowest BCUT2D eigenvalue weighted by molar-refractivity contribution is -0.122. The Balaban J connectivity index is 1.68. The summed E-state index contributed by atoms with van der Waals surface area (Å²) in [6, 6.07) is 6.35. The first kappa shape index (κ1) is 21.5. The molecule has 162 valence electrons. The zero-order chi connectivity index (χ0) is 22.3. The summed E-state index contributed by atoms with van der Waals surface area (Å²) in [7, 11) is 0. The average Bonchev–Trinajstić information content (AvgIpc) is 3.32. The number of imide groups is 2. The summed E-state index contributed by atoms with van der Waals surface area (Å²) < 4.78 is 8.77. The summed E-state index contributed by atoms with van der Waals surface area (Å²) >= 11 is 3.42. The number of hydrogen-bond donors (Lipinski definition) is 1. The van der Waals surface area contributed by atoms with E-state index in [9.17, 15) is 14.4 Å². The van der Waals surface area contributed by atoms with E-state index >= 15 is 0 Å². The van der Waals surface area contributed by atoms with Crippen LogP contribution in [0.4, 0.5) is 10.5 Å². The van der Waals surface area contributed by atoms with Crippen LogP contribution in [0.15, 0.2) is 34.3 Å². The second-order valence-corrected chi connectivity index (χ2v) is 8.82. The maximum absolute atomic E-state index is 13.2. The summed E-state index contributed by atoms with van der Waals surface area (Å²) in [5.74, 6) is -1.33. The van der Waals surface area contributed by atoms with Gasteiger partial charge >= 0.3 is 6.03 Å². The van der Waals surface area contributed by atoms with E-state index in [-0.39, 0.29) is 11.7 Å². The standard InChI is InChI=1S/C23H24BrN3O4/c1-13-9-17(6-7-20(13)24)27-22(29)19(21(28)25-23(27)30)11-16-10-14(2)26(15(16)3)12-18-5-4-8-31-18/h6-7,9-11,18H,4-5,8,12H2,1-3H3,(H,25,28,30)/b19-11+/t18-/m1/s1. The third kappa shape index (κ3) is 4.09. The maximum Gasteiger partial charge on any atom is 0.335 e. The van der Waals surface area contributed by atoms with Gasteiger partial charge in [-0.25, -0.2) is 9.69 Å². The molecule has 4 rings (SSSR count). The number of barbiturate groups is 1. The number of hydrogen-bond acceptors (Lipinski definition) is 4. The molecule has 2 aliphatic heterocycles. The lowest BCUT2D eigenvalue weighted by atomic mass is 10.1. The molecule has 0 radical (unpaired) electrons. The summed E-state index contributed by atoms with van der Waals surface area (Å²) in [5, 5.41) is 2.28. The number of benzene rings is 1. The van der Waals surface area contributed by atoms with Gasteiger partial charge in [0.2, 0.25) is 0 Å². The predicted octanol–water partition coefficient (Wildman–Crippen LogP) is 4.02. The molecule has 2 aliphatic rings. The Bertz CT molecular complexity index is 1110. The SMILES string of the molecule is Cc1cc(N2C(=O)NC(=O)/C(=C\c3cc(C)n(C[C@H]4CCCO4)c3C)C2=O)ccc1Br. The van der Waals surface area contributed by atoms with Gasteiger partial charge in [0.1, 0.15) is 5.57 Å². The summed E-state index contributed by atoms with van der Waals surface area (Å²) in [6.07, 6.45) is 3.84. The molecule has 31 heavy (non-hydrogen) atoms. The van der Waals surface area contributed by atoms with E-state index in [0.29, 0.717) is 5.69 Å². The molecule has 0 saturated carbocycles. The fourth-order valence-electron chi connectivity index (χ4n) is 4.06.